The molecule has 1 aliphatic heterocycles. The molecule has 1 heterocycles. The number of halogens is 1. The number of hydrogen-bond donors (Lipinski definition) is 1. The fourth-order valence-electron chi connectivity index (χ4n) is 2.59. The van der Waals surface area contributed by atoms with Gasteiger partial charge in [0, 0.05) is 37.8 Å². The number of hydrogen-bond acceptors (Lipinski definition) is 5. The molecule has 6 nitrogen and oxygen atoms in total. The average Bonchev–Trinajstić information content (AvgIpc) is 2.40. The van der Waals surface area contributed by atoms with E-state index in [0.29, 0.717) is 5.02 Å². The molecule has 1 aromatic carbocycles. The van der Waals surface area contributed by atoms with Gasteiger partial charge >= 0.3 is 0 Å². The highest BCUT2D eigenvalue weighted by molar-refractivity contribution is 6.33. The zero-order valence-electron chi connectivity index (χ0n) is 12.6. The number of anilines is 2. The van der Waals surface area contributed by atoms with E-state index >= 15 is 0 Å². The van der Waals surface area contributed by atoms with Crippen LogP contribution in [0.5, 0.6) is 0 Å². The van der Waals surface area contributed by atoms with Crippen molar-refractivity contribution in [3.8, 4) is 0 Å². The molecule has 0 bridgehead atoms. The number of rotatable bonds is 2. The molecule has 0 amide bonds. The monoisotopic (exact) mass is 312 g/mol. The van der Waals surface area contributed by atoms with Crippen LogP contribution in [0.3, 0.4) is 0 Å². The van der Waals surface area contributed by atoms with E-state index in [1.807, 2.05) is 0 Å². The van der Waals surface area contributed by atoms with Crippen molar-refractivity contribution in [2.45, 2.75) is 26.3 Å². The molecule has 0 atom stereocenters. The lowest BCUT2D eigenvalue weighted by Crippen LogP contribution is -2.53. The molecule has 0 radical (unpaired) electrons. The van der Waals surface area contributed by atoms with Crippen molar-refractivity contribution in [1.82, 2.24) is 4.90 Å². The Balaban J connectivity index is 2.18. The molecule has 7 heteroatoms. The Bertz CT molecular complexity index is 549. The summed E-state index contributed by atoms with van der Waals surface area (Å²) in [5.74, 6) is 0. The van der Waals surface area contributed by atoms with Crippen LogP contribution in [0.25, 0.3) is 0 Å². The standard InChI is InChI=1S/C14H21ClN4O2/c1-14(2,3)18-6-4-17(5-7-18)12-9-11(16)13(19(20)21)8-10(12)15/h8-9H,4-7,16H2,1-3H3. The Morgan fingerprint density at radius 3 is 2.29 bits per heavy atom. The minimum Gasteiger partial charge on any atom is -0.393 e. The molecule has 0 unspecified atom stereocenters. The van der Waals surface area contributed by atoms with Gasteiger partial charge in [-0.2, -0.15) is 0 Å². The highest BCUT2D eigenvalue weighted by atomic mass is 35.5. The maximum Gasteiger partial charge on any atom is 0.293 e. The van der Waals surface area contributed by atoms with E-state index in [9.17, 15) is 10.1 Å². The third kappa shape index (κ3) is 3.39. The molecule has 0 aromatic heterocycles. The molecular weight excluding hydrogens is 292 g/mol. The van der Waals surface area contributed by atoms with Crippen molar-refractivity contribution >= 4 is 28.7 Å². The molecule has 1 fully saturated rings. The molecule has 1 saturated heterocycles. The van der Waals surface area contributed by atoms with Crippen LogP contribution in [0.4, 0.5) is 17.1 Å². The lowest BCUT2D eigenvalue weighted by atomic mass is 10.0. The maximum atomic E-state index is 10.9. The smallest absolute Gasteiger partial charge is 0.293 e. The largest absolute Gasteiger partial charge is 0.393 e. The van der Waals surface area contributed by atoms with E-state index in [0.717, 1.165) is 31.9 Å². The van der Waals surface area contributed by atoms with E-state index in [1.165, 1.54) is 6.07 Å². The predicted molar refractivity (Wildman–Crippen MR) is 86.1 cm³/mol. The fourth-order valence-corrected chi connectivity index (χ4v) is 2.86. The van der Waals surface area contributed by atoms with E-state index in [2.05, 4.69) is 30.6 Å². The Morgan fingerprint density at radius 1 is 1.24 bits per heavy atom. The minimum absolute atomic E-state index is 0.142. The van der Waals surface area contributed by atoms with Crippen LogP contribution >= 0.6 is 11.6 Å². The van der Waals surface area contributed by atoms with Crippen LogP contribution in [0, 0.1) is 10.1 Å². The van der Waals surface area contributed by atoms with Gasteiger partial charge in [0.25, 0.3) is 5.69 Å². The van der Waals surface area contributed by atoms with Crippen LogP contribution in [-0.2, 0) is 0 Å². The van der Waals surface area contributed by atoms with Crippen LogP contribution < -0.4 is 10.6 Å². The van der Waals surface area contributed by atoms with Gasteiger partial charge in [-0.05, 0) is 26.8 Å². The fraction of sp³-hybridized carbons (Fsp3) is 0.571. The molecule has 2 N–H and O–H groups in total. The molecule has 0 saturated carbocycles. The molecular formula is C14H21ClN4O2. The van der Waals surface area contributed by atoms with Crippen LogP contribution in [0.2, 0.25) is 5.02 Å². The van der Waals surface area contributed by atoms with Gasteiger partial charge in [0.1, 0.15) is 5.69 Å². The van der Waals surface area contributed by atoms with Crippen molar-refractivity contribution in [1.29, 1.82) is 0 Å². The maximum absolute atomic E-state index is 10.9. The van der Waals surface area contributed by atoms with Gasteiger partial charge in [0.2, 0.25) is 0 Å². The van der Waals surface area contributed by atoms with Gasteiger partial charge in [0.05, 0.1) is 15.6 Å². The van der Waals surface area contributed by atoms with E-state index in [4.69, 9.17) is 17.3 Å². The molecule has 1 aliphatic rings. The second-order valence-corrected chi connectivity index (χ2v) is 6.67. The first-order chi connectivity index (χ1) is 9.70. The van der Waals surface area contributed by atoms with Gasteiger partial charge in [-0.1, -0.05) is 11.6 Å². The summed E-state index contributed by atoms with van der Waals surface area (Å²) in [4.78, 5) is 14.9. The Kier molecular flexibility index (Phi) is 4.30. The Labute approximate surface area is 129 Å². The topological polar surface area (TPSA) is 75.6 Å². The quantitative estimate of drug-likeness (QED) is 0.516. The summed E-state index contributed by atoms with van der Waals surface area (Å²) >= 11 is 6.19. The van der Waals surface area contributed by atoms with E-state index in [-0.39, 0.29) is 16.9 Å². The number of nitrogen functional groups attached to an aromatic ring is 1. The van der Waals surface area contributed by atoms with Crippen LogP contribution in [0.1, 0.15) is 20.8 Å². The normalized spacial score (nSPS) is 17.0. The molecule has 0 aliphatic carbocycles. The second kappa shape index (κ2) is 5.69. The van der Waals surface area contributed by atoms with Crippen LogP contribution in [0.15, 0.2) is 12.1 Å². The van der Waals surface area contributed by atoms with Gasteiger partial charge < -0.3 is 10.6 Å². The molecule has 116 valence electrons. The summed E-state index contributed by atoms with van der Waals surface area (Å²) < 4.78 is 0. The predicted octanol–water partition coefficient (Wildman–Crippen LogP) is 2.75. The first-order valence-corrected chi connectivity index (χ1v) is 7.31. The summed E-state index contributed by atoms with van der Waals surface area (Å²) in [5.41, 5.74) is 6.68. The first-order valence-electron chi connectivity index (χ1n) is 6.93. The van der Waals surface area contributed by atoms with Gasteiger partial charge in [-0.3, -0.25) is 15.0 Å². The molecule has 0 spiro atoms. The number of piperazine rings is 1. The highest BCUT2D eigenvalue weighted by Crippen LogP contribution is 2.35. The molecule has 2 rings (SSSR count). The van der Waals surface area contributed by atoms with Crippen molar-refractivity contribution in [3.63, 3.8) is 0 Å². The Hall–Kier alpha value is -1.53. The number of nitro benzene ring substituents is 1. The van der Waals surface area contributed by atoms with Gasteiger partial charge in [-0.15, -0.1) is 0 Å². The number of benzene rings is 1. The first kappa shape index (κ1) is 15.9. The molecule has 1 aromatic rings. The number of nitro groups is 1. The Morgan fingerprint density at radius 2 is 1.81 bits per heavy atom. The lowest BCUT2D eigenvalue weighted by molar-refractivity contribution is -0.383. The van der Waals surface area contributed by atoms with Crippen molar-refractivity contribution < 1.29 is 4.92 Å². The van der Waals surface area contributed by atoms with Crippen molar-refractivity contribution in [2.24, 2.45) is 0 Å². The zero-order valence-corrected chi connectivity index (χ0v) is 13.4. The van der Waals surface area contributed by atoms with Crippen molar-refractivity contribution in [2.75, 3.05) is 36.8 Å². The minimum atomic E-state index is -0.511. The number of nitrogens with zero attached hydrogens (tertiary/aromatic N) is 3. The summed E-state index contributed by atoms with van der Waals surface area (Å²) in [6.45, 7) is 10.1. The van der Waals surface area contributed by atoms with Gasteiger partial charge in [0.15, 0.2) is 0 Å². The third-order valence-corrected chi connectivity index (χ3v) is 4.16. The summed E-state index contributed by atoms with van der Waals surface area (Å²) in [7, 11) is 0. The average molecular weight is 313 g/mol. The van der Waals surface area contributed by atoms with E-state index in [1.54, 1.807) is 6.07 Å². The summed E-state index contributed by atoms with van der Waals surface area (Å²) in [5, 5.41) is 11.2. The van der Waals surface area contributed by atoms with Gasteiger partial charge in [-0.25, -0.2) is 0 Å². The molecule has 21 heavy (non-hydrogen) atoms. The summed E-state index contributed by atoms with van der Waals surface area (Å²) in [6.07, 6.45) is 0. The van der Waals surface area contributed by atoms with Crippen LogP contribution in [-0.4, -0.2) is 41.5 Å². The highest BCUT2D eigenvalue weighted by Gasteiger charge is 2.27. The summed E-state index contributed by atoms with van der Waals surface area (Å²) in [6, 6.07) is 2.94. The SMILES string of the molecule is CC(C)(C)N1CCN(c2cc(N)c([N+](=O)[O-])cc2Cl)CC1. The zero-order chi connectivity index (χ0) is 15.8. The third-order valence-electron chi connectivity index (χ3n) is 3.86. The van der Waals surface area contributed by atoms with E-state index < -0.39 is 4.92 Å². The van der Waals surface area contributed by atoms with Crippen molar-refractivity contribution in [3.05, 3.63) is 27.3 Å². The number of nitrogens with two attached hydrogens (primary N) is 1. The lowest BCUT2D eigenvalue weighted by Gasteiger charge is -2.43. The second-order valence-electron chi connectivity index (χ2n) is 6.26.